The summed E-state index contributed by atoms with van der Waals surface area (Å²) in [4.78, 5) is 27.5. The van der Waals surface area contributed by atoms with Crippen LogP contribution >= 0.6 is 0 Å². The molecule has 6 nitrogen and oxygen atoms in total. The molecule has 0 atom stereocenters. The number of carboxylic acids is 1. The summed E-state index contributed by atoms with van der Waals surface area (Å²) in [6.07, 6.45) is 6.46. The number of amides is 2. The first-order valence-corrected chi connectivity index (χ1v) is 5.15. The molecule has 0 aromatic carbocycles. The van der Waals surface area contributed by atoms with E-state index < -0.39 is 5.97 Å². The van der Waals surface area contributed by atoms with Crippen molar-refractivity contribution in [3.8, 4) is 12.3 Å². The Morgan fingerprint density at radius 2 is 2.33 bits per heavy atom. The second-order valence-electron chi connectivity index (χ2n) is 3.56. The second kappa shape index (κ2) is 6.25. The number of terminal acetylenes is 1. The first kappa shape index (κ1) is 13.5. The van der Waals surface area contributed by atoms with Gasteiger partial charge in [0, 0.05) is 13.2 Å². The van der Waals surface area contributed by atoms with Gasteiger partial charge in [0.25, 0.3) is 0 Å². The zero-order chi connectivity index (χ0) is 13.5. The summed E-state index contributed by atoms with van der Waals surface area (Å²) in [5.41, 5.74) is 0.601. The molecule has 0 radical (unpaired) electrons. The molecule has 0 unspecified atom stereocenters. The minimum Gasteiger partial charge on any atom is -0.478 e. The van der Waals surface area contributed by atoms with E-state index in [1.165, 1.54) is 23.2 Å². The number of aromatic nitrogens is 1. The third-order valence-corrected chi connectivity index (χ3v) is 2.16. The molecule has 1 heterocycles. The summed E-state index contributed by atoms with van der Waals surface area (Å²) in [6.45, 7) is 0.350. The van der Waals surface area contributed by atoms with E-state index in [4.69, 9.17) is 11.5 Å². The van der Waals surface area contributed by atoms with Gasteiger partial charge in [0.05, 0.1) is 24.3 Å². The van der Waals surface area contributed by atoms with Crippen LogP contribution in [0.3, 0.4) is 0 Å². The molecular weight excluding hydrogens is 234 g/mol. The van der Waals surface area contributed by atoms with Gasteiger partial charge >= 0.3 is 12.0 Å². The van der Waals surface area contributed by atoms with Crippen LogP contribution in [0, 0.1) is 12.3 Å². The third kappa shape index (κ3) is 3.79. The van der Waals surface area contributed by atoms with Crippen molar-refractivity contribution < 1.29 is 14.7 Å². The summed E-state index contributed by atoms with van der Waals surface area (Å²) in [7, 11) is 1.57. The first-order valence-electron chi connectivity index (χ1n) is 5.15. The molecule has 1 aromatic rings. The number of carbonyl (C=O) groups excluding carboxylic acids is 1. The SMILES string of the molecule is C#CCN(C)C(=O)NCc1cc(C(=O)O)ccn1. The van der Waals surface area contributed by atoms with Crippen LogP contribution in [0.2, 0.25) is 0 Å². The Balaban J connectivity index is 2.59. The van der Waals surface area contributed by atoms with Crippen molar-refractivity contribution in [1.82, 2.24) is 15.2 Å². The van der Waals surface area contributed by atoms with Crippen molar-refractivity contribution in [2.24, 2.45) is 0 Å². The fraction of sp³-hybridized carbons (Fsp3) is 0.250. The van der Waals surface area contributed by atoms with E-state index in [0.29, 0.717) is 5.69 Å². The number of urea groups is 1. The summed E-state index contributed by atoms with van der Waals surface area (Å²) >= 11 is 0. The highest BCUT2D eigenvalue weighted by Gasteiger charge is 2.08. The Kier molecular flexibility index (Phi) is 4.69. The summed E-state index contributed by atoms with van der Waals surface area (Å²) in [5, 5.41) is 11.4. The average molecular weight is 247 g/mol. The molecule has 0 saturated heterocycles. The fourth-order valence-electron chi connectivity index (χ4n) is 1.22. The molecule has 0 spiro atoms. The van der Waals surface area contributed by atoms with Gasteiger partial charge in [-0.25, -0.2) is 9.59 Å². The Hall–Kier alpha value is -2.55. The van der Waals surface area contributed by atoms with E-state index in [1.807, 2.05) is 0 Å². The monoisotopic (exact) mass is 247 g/mol. The molecule has 0 aliphatic carbocycles. The van der Waals surface area contributed by atoms with Gasteiger partial charge in [-0.1, -0.05) is 5.92 Å². The van der Waals surface area contributed by atoms with Gasteiger partial charge in [0.15, 0.2) is 0 Å². The van der Waals surface area contributed by atoms with Crippen molar-refractivity contribution in [2.45, 2.75) is 6.54 Å². The third-order valence-electron chi connectivity index (χ3n) is 2.16. The van der Waals surface area contributed by atoms with E-state index in [-0.39, 0.29) is 24.7 Å². The van der Waals surface area contributed by atoms with Crippen LogP contribution < -0.4 is 5.32 Å². The van der Waals surface area contributed by atoms with E-state index >= 15 is 0 Å². The van der Waals surface area contributed by atoms with Crippen LogP contribution in [0.5, 0.6) is 0 Å². The van der Waals surface area contributed by atoms with Crippen molar-refractivity contribution >= 4 is 12.0 Å². The van der Waals surface area contributed by atoms with Crippen LogP contribution in [0.1, 0.15) is 16.1 Å². The number of nitrogens with one attached hydrogen (secondary N) is 1. The lowest BCUT2D eigenvalue weighted by Crippen LogP contribution is -2.37. The van der Waals surface area contributed by atoms with Crippen molar-refractivity contribution in [1.29, 1.82) is 0 Å². The van der Waals surface area contributed by atoms with Gasteiger partial charge in [-0.3, -0.25) is 4.98 Å². The van der Waals surface area contributed by atoms with E-state index in [2.05, 4.69) is 16.2 Å². The largest absolute Gasteiger partial charge is 0.478 e. The number of hydrogen-bond acceptors (Lipinski definition) is 3. The lowest BCUT2D eigenvalue weighted by molar-refractivity contribution is 0.0696. The van der Waals surface area contributed by atoms with E-state index in [9.17, 15) is 9.59 Å². The quantitative estimate of drug-likeness (QED) is 0.761. The number of aromatic carboxylic acids is 1. The number of carbonyl (C=O) groups is 2. The number of nitrogens with zero attached hydrogens (tertiary/aromatic N) is 2. The highest BCUT2D eigenvalue weighted by Crippen LogP contribution is 2.01. The van der Waals surface area contributed by atoms with Crippen LogP contribution in [0.25, 0.3) is 0 Å². The molecular formula is C12H13N3O3. The Labute approximate surface area is 105 Å². The molecule has 94 valence electrons. The first-order chi connectivity index (χ1) is 8.54. The van der Waals surface area contributed by atoms with Crippen molar-refractivity contribution in [3.63, 3.8) is 0 Å². The fourth-order valence-corrected chi connectivity index (χ4v) is 1.22. The predicted octanol–water partition coefficient (Wildman–Crippen LogP) is 0.554. The van der Waals surface area contributed by atoms with Crippen LogP contribution in [-0.2, 0) is 6.54 Å². The highest BCUT2D eigenvalue weighted by molar-refractivity contribution is 5.87. The van der Waals surface area contributed by atoms with Gasteiger partial charge in [-0.05, 0) is 12.1 Å². The maximum absolute atomic E-state index is 11.5. The molecule has 0 bridgehead atoms. The van der Waals surface area contributed by atoms with Crippen LogP contribution in [0.4, 0.5) is 4.79 Å². The summed E-state index contributed by atoms with van der Waals surface area (Å²) in [6, 6.07) is 2.46. The molecule has 6 heteroatoms. The molecule has 1 aromatic heterocycles. The molecule has 2 N–H and O–H groups in total. The molecule has 0 fully saturated rings. The molecule has 1 rings (SSSR count). The molecule has 2 amide bonds. The van der Waals surface area contributed by atoms with Gasteiger partial charge in [0.2, 0.25) is 0 Å². The molecule has 0 aliphatic rings. The standard InChI is InChI=1S/C12H13N3O3/c1-3-6-15(2)12(18)14-8-10-7-9(11(16)17)4-5-13-10/h1,4-5,7H,6,8H2,2H3,(H,14,18)(H,16,17). The second-order valence-corrected chi connectivity index (χ2v) is 3.56. The maximum atomic E-state index is 11.5. The molecule has 0 saturated carbocycles. The van der Waals surface area contributed by atoms with Crippen LogP contribution in [-0.4, -0.2) is 40.6 Å². The van der Waals surface area contributed by atoms with Gasteiger partial charge in [-0.2, -0.15) is 0 Å². The lowest BCUT2D eigenvalue weighted by Gasteiger charge is -2.14. The normalized spacial score (nSPS) is 9.33. The van der Waals surface area contributed by atoms with Gasteiger partial charge in [0.1, 0.15) is 0 Å². The topological polar surface area (TPSA) is 82.5 Å². The van der Waals surface area contributed by atoms with E-state index in [0.717, 1.165) is 0 Å². The molecule has 18 heavy (non-hydrogen) atoms. The Morgan fingerprint density at radius 1 is 1.61 bits per heavy atom. The van der Waals surface area contributed by atoms with Gasteiger partial charge < -0.3 is 15.3 Å². The maximum Gasteiger partial charge on any atom is 0.335 e. The number of hydrogen-bond donors (Lipinski definition) is 2. The minimum absolute atomic E-state index is 0.131. The average Bonchev–Trinajstić information content (AvgIpc) is 2.36. The van der Waals surface area contributed by atoms with Crippen molar-refractivity contribution in [2.75, 3.05) is 13.6 Å². The number of pyridine rings is 1. The van der Waals surface area contributed by atoms with Crippen LogP contribution in [0.15, 0.2) is 18.3 Å². The number of carboxylic acid groups (broad SMARTS) is 1. The summed E-state index contributed by atoms with van der Waals surface area (Å²) < 4.78 is 0. The predicted molar refractivity (Wildman–Crippen MR) is 64.9 cm³/mol. The lowest BCUT2D eigenvalue weighted by atomic mass is 10.2. The number of rotatable bonds is 4. The Bertz CT molecular complexity index is 494. The highest BCUT2D eigenvalue weighted by atomic mass is 16.4. The smallest absolute Gasteiger partial charge is 0.335 e. The van der Waals surface area contributed by atoms with Crippen molar-refractivity contribution in [3.05, 3.63) is 29.6 Å². The zero-order valence-electron chi connectivity index (χ0n) is 9.88. The van der Waals surface area contributed by atoms with E-state index in [1.54, 1.807) is 7.05 Å². The zero-order valence-corrected chi connectivity index (χ0v) is 9.88. The van der Waals surface area contributed by atoms with Gasteiger partial charge in [-0.15, -0.1) is 6.42 Å². The minimum atomic E-state index is -1.03. The summed E-state index contributed by atoms with van der Waals surface area (Å²) in [5.74, 6) is 1.31. The Morgan fingerprint density at radius 3 is 2.94 bits per heavy atom. The molecule has 0 aliphatic heterocycles.